The fraction of sp³-hybridized carbons (Fsp3) is 0.929. The van der Waals surface area contributed by atoms with E-state index in [1.807, 2.05) is 30.8 Å². The van der Waals surface area contributed by atoms with E-state index in [4.69, 9.17) is 0 Å². The monoisotopic (exact) mass is 287 g/mol. The number of amides is 2. The van der Waals surface area contributed by atoms with Gasteiger partial charge in [0.1, 0.15) is 0 Å². The highest BCUT2D eigenvalue weighted by Gasteiger charge is 2.22. The minimum absolute atomic E-state index is 0.149. The molecule has 1 heterocycles. The predicted molar refractivity (Wildman–Crippen MR) is 83.9 cm³/mol. The van der Waals surface area contributed by atoms with Gasteiger partial charge in [0.2, 0.25) is 0 Å². The smallest absolute Gasteiger partial charge is 0.319 e. The number of carbonyl (C=O) groups is 1. The standard InChI is InChI=1S/C14H29N3OS/c1-16(2)14(18)17-10-7-13(8-11-17)15-9-5-4-6-12-19-3/h13,15H,4-12H2,1-3H3. The number of hydrogen-bond donors (Lipinski definition) is 1. The Morgan fingerprint density at radius 2 is 1.95 bits per heavy atom. The number of likely N-dealkylation sites (tertiary alicyclic amines) is 1. The van der Waals surface area contributed by atoms with Crippen LogP contribution < -0.4 is 5.32 Å². The second-order valence-corrected chi connectivity index (χ2v) is 6.43. The first-order valence-electron chi connectivity index (χ1n) is 7.33. The molecule has 2 amide bonds. The van der Waals surface area contributed by atoms with Gasteiger partial charge in [-0.1, -0.05) is 6.42 Å². The Labute approximate surface area is 122 Å². The molecular weight excluding hydrogens is 258 g/mol. The lowest BCUT2D eigenvalue weighted by molar-refractivity contribution is 0.152. The van der Waals surface area contributed by atoms with E-state index in [0.717, 1.165) is 32.5 Å². The number of rotatable bonds is 7. The van der Waals surface area contributed by atoms with E-state index >= 15 is 0 Å². The first-order chi connectivity index (χ1) is 9.15. The highest BCUT2D eigenvalue weighted by Crippen LogP contribution is 2.12. The van der Waals surface area contributed by atoms with Crippen LogP contribution in [0.3, 0.4) is 0 Å². The van der Waals surface area contributed by atoms with Gasteiger partial charge in [0, 0.05) is 33.2 Å². The maximum absolute atomic E-state index is 11.8. The quantitative estimate of drug-likeness (QED) is 0.730. The third-order valence-electron chi connectivity index (χ3n) is 3.61. The van der Waals surface area contributed by atoms with Gasteiger partial charge in [-0.05, 0) is 44.2 Å². The summed E-state index contributed by atoms with van der Waals surface area (Å²) in [5, 5.41) is 3.63. The van der Waals surface area contributed by atoms with Crippen molar-refractivity contribution in [1.82, 2.24) is 15.1 Å². The van der Waals surface area contributed by atoms with Gasteiger partial charge in [0.25, 0.3) is 0 Å². The van der Waals surface area contributed by atoms with Crippen molar-refractivity contribution in [1.29, 1.82) is 0 Å². The third-order valence-corrected chi connectivity index (χ3v) is 4.30. The molecule has 0 unspecified atom stereocenters. The molecule has 1 fully saturated rings. The molecule has 0 spiro atoms. The van der Waals surface area contributed by atoms with Crippen LogP contribution in [0.15, 0.2) is 0 Å². The Balaban J connectivity index is 2.05. The highest BCUT2D eigenvalue weighted by molar-refractivity contribution is 7.98. The van der Waals surface area contributed by atoms with Gasteiger partial charge in [0.05, 0.1) is 0 Å². The Morgan fingerprint density at radius 1 is 1.26 bits per heavy atom. The molecule has 1 rings (SSSR count). The molecule has 0 saturated carbocycles. The molecular formula is C14H29N3OS. The van der Waals surface area contributed by atoms with Crippen LogP contribution in [-0.4, -0.2) is 67.6 Å². The first-order valence-corrected chi connectivity index (χ1v) is 8.73. The highest BCUT2D eigenvalue weighted by atomic mass is 32.2. The molecule has 0 atom stereocenters. The zero-order chi connectivity index (χ0) is 14.1. The Bertz CT molecular complexity index is 253. The predicted octanol–water partition coefficient (Wildman–Crippen LogP) is 2.26. The van der Waals surface area contributed by atoms with E-state index < -0.39 is 0 Å². The van der Waals surface area contributed by atoms with E-state index in [0.29, 0.717) is 6.04 Å². The van der Waals surface area contributed by atoms with Crippen LogP contribution in [0.25, 0.3) is 0 Å². The average molecular weight is 287 g/mol. The minimum atomic E-state index is 0.149. The van der Waals surface area contributed by atoms with Crippen molar-refractivity contribution in [2.45, 2.75) is 38.1 Å². The molecule has 1 saturated heterocycles. The summed E-state index contributed by atoms with van der Waals surface area (Å²) in [4.78, 5) is 15.4. The maximum atomic E-state index is 11.8. The average Bonchev–Trinajstić information content (AvgIpc) is 2.42. The number of carbonyl (C=O) groups excluding carboxylic acids is 1. The molecule has 112 valence electrons. The largest absolute Gasteiger partial charge is 0.331 e. The van der Waals surface area contributed by atoms with Gasteiger partial charge in [0.15, 0.2) is 0 Å². The Kier molecular flexibility index (Phi) is 8.30. The van der Waals surface area contributed by atoms with Crippen LogP contribution in [0, 0.1) is 0 Å². The zero-order valence-electron chi connectivity index (χ0n) is 12.7. The summed E-state index contributed by atoms with van der Waals surface area (Å²) in [6, 6.07) is 0.752. The molecule has 0 bridgehead atoms. The van der Waals surface area contributed by atoms with Crippen LogP contribution in [0.1, 0.15) is 32.1 Å². The van der Waals surface area contributed by atoms with Crippen molar-refractivity contribution >= 4 is 17.8 Å². The molecule has 19 heavy (non-hydrogen) atoms. The first kappa shape index (κ1) is 16.6. The van der Waals surface area contributed by atoms with Crippen molar-refractivity contribution in [3.63, 3.8) is 0 Å². The molecule has 0 aromatic rings. The summed E-state index contributed by atoms with van der Waals surface area (Å²) in [6.07, 6.45) is 8.28. The number of unbranched alkanes of at least 4 members (excludes halogenated alkanes) is 2. The molecule has 4 nitrogen and oxygen atoms in total. The molecule has 0 aromatic heterocycles. The molecule has 1 N–H and O–H groups in total. The van der Waals surface area contributed by atoms with Crippen LogP contribution >= 0.6 is 11.8 Å². The topological polar surface area (TPSA) is 35.6 Å². The molecule has 5 heteroatoms. The fourth-order valence-electron chi connectivity index (χ4n) is 2.41. The lowest BCUT2D eigenvalue weighted by Crippen LogP contribution is -2.48. The van der Waals surface area contributed by atoms with Gasteiger partial charge >= 0.3 is 6.03 Å². The van der Waals surface area contributed by atoms with Gasteiger partial charge in [-0.15, -0.1) is 0 Å². The van der Waals surface area contributed by atoms with Crippen LogP contribution in [0.4, 0.5) is 4.79 Å². The van der Waals surface area contributed by atoms with Crippen molar-refractivity contribution in [2.75, 3.05) is 45.7 Å². The number of nitrogens with zero attached hydrogens (tertiary/aromatic N) is 2. The van der Waals surface area contributed by atoms with Crippen LogP contribution in [0.2, 0.25) is 0 Å². The SMILES string of the molecule is CSCCCCCNC1CCN(C(=O)N(C)C)CC1. The van der Waals surface area contributed by atoms with Crippen LogP contribution in [0.5, 0.6) is 0 Å². The number of nitrogens with one attached hydrogen (secondary N) is 1. The van der Waals surface area contributed by atoms with E-state index in [9.17, 15) is 4.79 Å². The van der Waals surface area contributed by atoms with Gasteiger partial charge in [-0.3, -0.25) is 0 Å². The number of hydrogen-bond acceptors (Lipinski definition) is 3. The van der Waals surface area contributed by atoms with E-state index in [1.54, 1.807) is 4.90 Å². The normalized spacial score (nSPS) is 16.7. The van der Waals surface area contributed by atoms with Gasteiger partial charge in [-0.2, -0.15) is 11.8 Å². The number of urea groups is 1. The summed E-state index contributed by atoms with van der Waals surface area (Å²) in [6.45, 7) is 2.91. The van der Waals surface area contributed by atoms with Crippen LogP contribution in [-0.2, 0) is 0 Å². The summed E-state index contributed by atoms with van der Waals surface area (Å²) in [5.41, 5.74) is 0. The lowest BCUT2D eigenvalue weighted by Gasteiger charge is -2.34. The second kappa shape index (κ2) is 9.48. The second-order valence-electron chi connectivity index (χ2n) is 5.45. The molecule has 0 aromatic carbocycles. The van der Waals surface area contributed by atoms with Crippen molar-refractivity contribution in [3.05, 3.63) is 0 Å². The van der Waals surface area contributed by atoms with Gasteiger partial charge < -0.3 is 15.1 Å². The van der Waals surface area contributed by atoms with E-state index in [1.165, 1.54) is 25.0 Å². The summed E-state index contributed by atoms with van der Waals surface area (Å²) in [7, 11) is 3.64. The molecule has 0 radical (unpaired) electrons. The summed E-state index contributed by atoms with van der Waals surface area (Å²) in [5.74, 6) is 1.28. The number of thioether (sulfide) groups is 1. The molecule has 1 aliphatic rings. The molecule has 0 aliphatic carbocycles. The van der Waals surface area contributed by atoms with Crippen molar-refractivity contribution in [3.8, 4) is 0 Å². The fourth-order valence-corrected chi connectivity index (χ4v) is 2.90. The summed E-state index contributed by atoms with van der Waals surface area (Å²) >= 11 is 1.93. The van der Waals surface area contributed by atoms with E-state index in [-0.39, 0.29) is 6.03 Å². The minimum Gasteiger partial charge on any atom is -0.331 e. The maximum Gasteiger partial charge on any atom is 0.319 e. The Hall–Kier alpha value is -0.420. The lowest BCUT2D eigenvalue weighted by atomic mass is 10.1. The molecule has 1 aliphatic heterocycles. The summed E-state index contributed by atoms with van der Waals surface area (Å²) < 4.78 is 0. The number of piperidine rings is 1. The third kappa shape index (κ3) is 6.52. The Morgan fingerprint density at radius 3 is 2.53 bits per heavy atom. The van der Waals surface area contributed by atoms with E-state index in [2.05, 4.69) is 11.6 Å². The van der Waals surface area contributed by atoms with Gasteiger partial charge in [-0.25, -0.2) is 4.79 Å². The van der Waals surface area contributed by atoms with Crippen molar-refractivity contribution < 1.29 is 4.79 Å². The zero-order valence-corrected chi connectivity index (χ0v) is 13.5. The van der Waals surface area contributed by atoms with Crippen molar-refractivity contribution in [2.24, 2.45) is 0 Å².